The van der Waals surface area contributed by atoms with Gasteiger partial charge in [0, 0.05) is 36.4 Å². The predicted molar refractivity (Wildman–Crippen MR) is 130 cm³/mol. The monoisotopic (exact) mass is 496 g/mol. The van der Waals surface area contributed by atoms with Crippen LogP contribution in [0.4, 0.5) is 8.78 Å². The van der Waals surface area contributed by atoms with Crippen LogP contribution in [-0.4, -0.2) is 33.0 Å². The van der Waals surface area contributed by atoms with Crippen molar-refractivity contribution in [3.63, 3.8) is 0 Å². The molecule has 0 amide bonds. The van der Waals surface area contributed by atoms with Crippen LogP contribution in [0.3, 0.4) is 0 Å². The number of fused-ring (bicyclic) bond motifs is 1. The van der Waals surface area contributed by atoms with Crippen LogP contribution in [0.25, 0.3) is 23.1 Å². The summed E-state index contributed by atoms with van der Waals surface area (Å²) in [5.74, 6) is 0.541. The largest absolute Gasteiger partial charge is 0.433 e. The molecule has 0 spiro atoms. The number of ether oxygens (including phenoxy) is 2. The number of halogens is 3. The van der Waals surface area contributed by atoms with E-state index in [1.54, 1.807) is 24.5 Å². The highest BCUT2D eigenvalue weighted by Crippen LogP contribution is 2.28. The van der Waals surface area contributed by atoms with Crippen LogP contribution in [0.5, 0.6) is 5.75 Å². The van der Waals surface area contributed by atoms with Crippen LogP contribution in [0.15, 0.2) is 55.0 Å². The van der Waals surface area contributed by atoms with Crippen molar-refractivity contribution in [1.29, 1.82) is 0 Å². The van der Waals surface area contributed by atoms with Gasteiger partial charge in [-0.25, -0.2) is 14.6 Å². The van der Waals surface area contributed by atoms with Gasteiger partial charge < -0.3 is 9.47 Å². The Balaban J connectivity index is 1.24. The standard InChI is InChI=1S/C26H23ClF2N4O2/c27-21-12-18(7-9-23(21)35-26(28)29)13-24-30-14-19(15-31-24)5-4-17-6-8-22-20(11-17)16-32-33(22)25-3-1-2-10-34-25/h4-9,11-12,14-16,25-26H,1-3,10,13H2/b5-4+. The molecule has 180 valence electrons. The van der Waals surface area contributed by atoms with Crippen molar-refractivity contribution in [1.82, 2.24) is 19.7 Å². The summed E-state index contributed by atoms with van der Waals surface area (Å²) in [5.41, 5.74) is 3.77. The van der Waals surface area contributed by atoms with Gasteiger partial charge in [0.25, 0.3) is 0 Å². The van der Waals surface area contributed by atoms with Gasteiger partial charge in [-0.2, -0.15) is 13.9 Å². The minimum absolute atomic E-state index is 0.0123. The summed E-state index contributed by atoms with van der Waals surface area (Å²) in [7, 11) is 0. The lowest BCUT2D eigenvalue weighted by molar-refractivity contribution is -0.0498. The number of aromatic nitrogens is 4. The van der Waals surface area contributed by atoms with Gasteiger partial charge in [-0.1, -0.05) is 35.9 Å². The van der Waals surface area contributed by atoms with E-state index in [1.165, 1.54) is 6.07 Å². The molecule has 9 heteroatoms. The number of rotatable bonds is 7. The summed E-state index contributed by atoms with van der Waals surface area (Å²) in [4.78, 5) is 8.82. The molecule has 0 aliphatic carbocycles. The van der Waals surface area contributed by atoms with Crippen LogP contribution in [0.2, 0.25) is 5.02 Å². The Morgan fingerprint density at radius 3 is 2.63 bits per heavy atom. The molecule has 0 bridgehead atoms. The quantitative estimate of drug-likeness (QED) is 0.290. The Hall–Kier alpha value is -3.36. The minimum Gasteiger partial charge on any atom is -0.433 e. The highest BCUT2D eigenvalue weighted by molar-refractivity contribution is 6.32. The van der Waals surface area contributed by atoms with Crippen LogP contribution >= 0.6 is 11.6 Å². The number of nitrogens with zero attached hydrogens (tertiary/aromatic N) is 4. The molecule has 1 aliphatic rings. The third kappa shape index (κ3) is 5.66. The van der Waals surface area contributed by atoms with Crippen molar-refractivity contribution < 1.29 is 18.3 Å². The predicted octanol–water partition coefficient (Wildman–Crippen LogP) is 6.54. The van der Waals surface area contributed by atoms with E-state index in [0.717, 1.165) is 53.5 Å². The van der Waals surface area contributed by atoms with E-state index >= 15 is 0 Å². The highest BCUT2D eigenvalue weighted by Gasteiger charge is 2.18. The van der Waals surface area contributed by atoms with E-state index < -0.39 is 6.61 Å². The molecule has 1 saturated heterocycles. The van der Waals surface area contributed by atoms with Crippen molar-refractivity contribution in [2.75, 3.05) is 6.61 Å². The zero-order valence-corrected chi connectivity index (χ0v) is 19.5. The van der Waals surface area contributed by atoms with Gasteiger partial charge in [0.05, 0.1) is 16.7 Å². The second-order valence-corrected chi connectivity index (χ2v) is 8.72. The number of benzene rings is 2. The topological polar surface area (TPSA) is 62.1 Å². The molecule has 0 radical (unpaired) electrons. The lowest BCUT2D eigenvalue weighted by atomic mass is 10.1. The van der Waals surface area contributed by atoms with Gasteiger partial charge in [-0.15, -0.1) is 0 Å². The van der Waals surface area contributed by atoms with Crippen molar-refractivity contribution in [3.05, 3.63) is 82.5 Å². The molecule has 35 heavy (non-hydrogen) atoms. The fourth-order valence-electron chi connectivity index (χ4n) is 4.08. The molecule has 2 aromatic carbocycles. The molecule has 2 aromatic heterocycles. The minimum atomic E-state index is -2.92. The Labute approximate surface area is 206 Å². The normalized spacial score (nSPS) is 16.4. The van der Waals surface area contributed by atoms with E-state index in [0.29, 0.717) is 12.2 Å². The Morgan fingerprint density at radius 2 is 1.89 bits per heavy atom. The second kappa shape index (κ2) is 10.5. The average molecular weight is 497 g/mol. The molecule has 0 N–H and O–H groups in total. The van der Waals surface area contributed by atoms with Crippen LogP contribution in [0, 0.1) is 0 Å². The van der Waals surface area contributed by atoms with Crippen LogP contribution < -0.4 is 4.74 Å². The smallest absolute Gasteiger partial charge is 0.387 e. The first-order chi connectivity index (χ1) is 17.0. The van der Waals surface area contributed by atoms with E-state index in [1.807, 2.05) is 23.0 Å². The zero-order valence-electron chi connectivity index (χ0n) is 18.8. The summed E-state index contributed by atoms with van der Waals surface area (Å²) in [6, 6.07) is 10.9. The molecule has 1 unspecified atom stereocenters. The molecular weight excluding hydrogens is 474 g/mol. The third-order valence-corrected chi connectivity index (χ3v) is 6.11. The first-order valence-electron chi connectivity index (χ1n) is 11.4. The van der Waals surface area contributed by atoms with Crippen LogP contribution in [-0.2, 0) is 11.2 Å². The summed E-state index contributed by atoms with van der Waals surface area (Å²) in [6.07, 6.45) is 13.0. The molecular formula is C26H23ClF2N4O2. The molecule has 1 fully saturated rings. The molecule has 5 rings (SSSR count). The molecule has 4 aromatic rings. The van der Waals surface area contributed by atoms with Gasteiger partial charge >= 0.3 is 6.61 Å². The first kappa shape index (κ1) is 23.4. The van der Waals surface area contributed by atoms with Crippen molar-refractivity contribution in [3.8, 4) is 5.75 Å². The SMILES string of the molecule is FC(F)Oc1ccc(Cc2ncc(/C=C/c3ccc4c(cnn4C4CCCCO4)c3)cn2)cc1Cl. The maximum atomic E-state index is 12.4. The number of hydrogen-bond donors (Lipinski definition) is 0. The van der Waals surface area contributed by atoms with Crippen molar-refractivity contribution in [2.45, 2.75) is 38.5 Å². The number of alkyl halides is 2. The van der Waals surface area contributed by atoms with Gasteiger partial charge in [-0.05, 0) is 54.7 Å². The van der Waals surface area contributed by atoms with E-state index in [9.17, 15) is 8.78 Å². The summed E-state index contributed by atoms with van der Waals surface area (Å²) in [6.45, 7) is -2.14. The Kier molecular flexibility index (Phi) is 7.01. The van der Waals surface area contributed by atoms with E-state index in [-0.39, 0.29) is 17.0 Å². The lowest BCUT2D eigenvalue weighted by Gasteiger charge is -2.23. The zero-order chi connectivity index (χ0) is 24.2. The fourth-order valence-corrected chi connectivity index (χ4v) is 4.33. The molecule has 1 atom stereocenters. The lowest BCUT2D eigenvalue weighted by Crippen LogP contribution is -2.18. The van der Waals surface area contributed by atoms with E-state index in [4.69, 9.17) is 16.3 Å². The Morgan fingerprint density at radius 1 is 1.06 bits per heavy atom. The van der Waals surface area contributed by atoms with Crippen molar-refractivity contribution in [2.24, 2.45) is 0 Å². The second-order valence-electron chi connectivity index (χ2n) is 8.31. The number of hydrogen-bond acceptors (Lipinski definition) is 5. The van der Waals surface area contributed by atoms with Gasteiger partial charge in [0.1, 0.15) is 11.6 Å². The summed E-state index contributed by atoms with van der Waals surface area (Å²) in [5, 5.41) is 5.73. The molecule has 6 nitrogen and oxygen atoms in total. The molecule has 1 aliphatic heterocycles. The summed E-state index contributed by atoms with van der Waals surface area (Å²) < 4.78 is 37.0. The maximum absolute atomic E-state index is 12.4. The average Bonchev–Trinajstić information content (AvgIpc) is 3.29. The van der Waals surface area contributed by atoms with Gasteiger partial charge in [0.15, 0.2) is 6.23 Å². The van der Waals surface area contributed by atoms with E-state index in [2.05, 4.69) is 38.0 Å². The Bertz CT molecular complexity index is 1340. The fraction of sp³-hybridized carbons (Fsp3) is 0.269. The highest BCUT2D eigenvalue weighted by atomic mass is 35.5. The molecule has 0 saturated carbocycles. The third-order valence-electron chi connectivity index (χ3n) is 5.82. The summed E-state index contributed by atoms with van der Waals surface area (Å²) >= 11 is 6.02. The van der Waals surface area contributed by atoms with Gasteiger partial charge in [-0.3, -0.25) is 0 Å². The molecule has 3 heterocycles. The first-order valence-corrected chi connectivity index (χ1v) is 11.7. The van der Waals surface area contributed by atoms with Crippen molar-refractivity contribution >= 4 is 34.7 Å². The maximum Gasteiger partial charge on any atom is 0.387 e. The van der Waals surface area contributed by atoms with Gasteiger partial charge in [0.2, 0.25) is 0 Å². The van der Waals surface area contributed by atoms with Crippen LogP contribution in [0.1, 0.15) is 48.0 Å².